The second-order valence-electron chi connectivity index (χ2n) is 3.01. The number of aliphatic carboxylic acids is 2. The Morgan fingerprint density at radius 2 is 1.85 bits per heavy atom. The summed E-state index contributed by atoms with van der Waals surface area (Å²) in [6.45, 7) is 1.84. The van der Waals surface area contributed by atoms with Gasteiger partial charge < -0.3 is 15.3 Å². The second kappa shape index (κ2) is 4.81. The summed E-state index contributed by atoms with van der Waals surface area (Å²) in [6, 6.07) is 0. The first-order valence-corrected chi connectivity index (χ1v) is 4.10. The first kappa shape index (κ1) is 11.9. The SMILES string of the molecule is CCCCC(O)(CC(=O)O)C(=O)O. The number of carboxylic acid groups (broad SMARTS) is 2. The molecule has 76 valence electrons. The highest BCUT2D eigenvalue weighted by Crippen LogP contribution is 2.18. The topological polar surface area (TPSA) is 94.8 Å². The molecule has 5 heteroatoms. The minimum absolute atomic E-state index is 0.0227. The van der Waals surface area contributed by atoms with Crippen molar-refractivity contribution >= 4 is 11.9 Å². The van der Waals surface area contributed by atoms with Gasteiger partial charge in [-0.25, -0.2) is 4.79 Å². The highest BCUT2D eigenvalue weighted by atomic mass is 16.4. The summed E-state index contributed by atoms with van der Waals surface area (Å²) in [5.74, 6) is -2.77. The summed E-state index contributed by atoms with van der Waals surface area (Å²) in [5, 5.41) is 26.4. The molecule has 0 saturated carbocycles. The van der Waals surface area contributed by atoms with Crippen LogP contribution >= 0.6 is 0 Å². The van der Waals surface area contributed by atoms with E-state index in [1.54, 1.807) is 0 Å². The van der Waals surface area contributed by atoms with Gasteiger partial charge in [-0.15, -0.1) is 0 Å². The zero-order valence-corrected chi connectivity index (χ0v) is 7.49. The average molecular weight is 190 g/mol. The molecule has 0 aromatic heterocycles. The maximum atomic E-state index is 10.5. The smallest absolute Gasteiger partial charge is 0.336 e. The number of carbonyl (C=O) groups is 2. The van der Waals surface area contributed by atoms with Gasteiger partial charge in [-0.2, -0.15) is 0 Å². The Labute approximate surface area is 76.0 Å². The molecule has 0 aromatic carbocycles. The van der Waals surface area contributed by atoms with Crippen molar-refractivity contribution in [2.24, 2.45) is 0 Å². The molecule has 0 rings (SSSR count). The van der Waals surface area contributed by atoms with Gasteiger partial charge in [0.2, 0.25) is 0 Å². The summed E-state index contributed by atoms with van der Waals surface area (Å²) in [4.78, 5) is 20.8. The van der Waals surface area contributed by atoms with Crippen LogP contribution in [-0.4, -0.2) is 32.9 Å². The number of unbranched alkanes of at least 4 members (excludes halogenated alkanes) is 1. The van der Waals surface area contributed by atoms with Gasteiger partial charge >= 0.3 is 11.9 Å². The molecular formula is C8H14O5. The predicted molar refractivity (Wildman–Crippen MR) is 44.4 cm³/mol. The molecule has 0 radical (unpaired) electrons. The van der Waals surface area contributed by atoms with Gasteiger partial charge in [0.15, 0.2) is 5.60 Å². The zero-order valence-electron chi connectivity index (χ0n) is 7.49. The molecule has 5 nitrogen and oxygen atoms in total. The minimum Gasteiger partial charge on any atom is -0.481 e. The summed E-state index contributed by atoms with van der Waals surface area (Å²) >= 11 is 0. The second-order valence-corrected chi connectivity index (χ2v) is 3.01. The van der Waals surface area contributed by atoms with E-state index in [2.05, 4.69) is 0 Å². The van der Waals surface area contributed by atoms with Crippen LogP contribution in [0.5, 0.6) is 0 Å². The van der Waals surface area contributed by atoms with E-state index in [4.69, 9.17) is 10.2 Å². The Morgan fingerprint density at radius 3 is 2.15 bits per heavy atom. The third kappa shape index (κ3) is 3.89. The van der Waals surface area contributed by atoms with Crippen molar-refractivity contribution in [3.63, 3.8) is 0 Å². The molecule has 0 spiro atoms. The van der Waals surface area contributed by atoms with Crippen molar-refractivity contribution < 1.29 is 24.9 Å². The van der Waals surface area contributed by atoms with E-state index in [1.165, 1.54) is 0 Å². The van der Waals surface area contributed by atoms with Crippen molar-refractivity contribution in [2.45, 2.75) is 38.2 Å². The van der Waals surface area contributed by atoms with Crippen LogP contribution in [0.3, 0.4) is 0 Å². The van der Waals surface area contributed by atoms with Crippen LogP contribution in [0, 0.1) is 0 Å². The molecular weight excluding hydrogens is 176 g/mol. The van der Waals surface area contributed by atoms with Crippen LogP contribution in [0.15, 0.2) is 0 Å². The van der Waals surface area contributed by atoms with Crippen LogP contribution in [0.25, 0.3) is 0 Å². The van der Waals surface area contributed by atoms with E-state index >= 15 is 0 Å². The summed E-state index contributed by atoms with van der Waals surface area (Å²) < 4.78 is 0. The molecule has 0 saturated heterocycles. The molecule has 1 atom stereocenters. The molecule has 13 heavy (non-hydrogen) atoms. The lowest BCUT2D eigenvalue weighted by Crippen LogP contribution is -2.40. The normalized spacial score (nSPS) is 14.9. The first-order valence-electron chi connectivity index (χ1n) is 4.10. The van der Waals surface area contributed by atoms with Gasteiger partial charge in [0.1, 0.15) is 0 Å². The van der Waals surface area contributed by atoms with Crippen LogP contribution < -0.4 is 0 Å². The Balaban J connectivity index is 4.34. The lowest BCUT2D eigenvalue weighted by Gasteiger charge is -2.20. The average Bonchev–Trinajstić information content (AvgIpc) is 1.99. The molecule has 1 unspecified atom stereocenters. The van der Waals surface area contributed by atoms with Gasteiger partial charge in [0.05, 0.1) is 6.42 Å². The monoisotopic (exact) mass is 190 g/mol. The van der Waals surface area contributed by atoms with Crippen LogP contribution in [0.2, 0.25) is 0 Å². The van der Waals surface area contributed by atoms with Gasteiger partial charge in [0, 0.05) is 0 Å². The quantitative estimate of drug-likeness (QED) is 0.565. The molecule has 0 amide bonds. The fourth-order valence-corrected chi connectivity index (χ4v) is 0.990. The van der Waals surface area contributed by atoms with E-state index < -0.39 is 24.0 Å². The number of hydrogen-bond acceptors (Lipinski definition) is 3. The van der Waals surface area contributed by atoms with Gasteiger partial charge in [-0.3, -0.25) is 4.79 Å². The van der Waals surface area contributed by atoms with Gasteiger partial charge in [0.25, 0.3) is 0 Å². The Kier molecular flexibility index (Phi) is 4.40. The van der Waals surface area contributed by atoms with E-state index in [0.717, 1.165) is 6.42 Å². The molecule has 0 aromatic rings. The van der Waals surface area contributed by atoms with Crippen molar-refractivity contribution in [2.75, 3.05) is 0 Å². The lowest BCUT2D eigenvalue weighted by molar-refractivity contribution is -0.166. The third-order valence-corrected chi connectivity index (χ3v) is 1.79. The Bertz CT molecular complexity index is 201. The minimum atomic E-state index is -2.11. The molecule has 0 aliphatic rings. The number of hydrogen-bond donors (Lipinski definition) is 3. The largest absolute Gasteiger partial charge is 0.481 e. The first-order chi connectivity index (χ1) is 5.92. The van der Waals surface area contributed by atoms with E-state index in [0.29, 0.717) is 6.42 Å². The highest BCUT2D eigenvalue weighted by molar-refractivity contribution is 5.83. The van der Waals surface area contributed by atoms with Crippen LogP contribution in [0.1, 0.15) is 32.6 Å². The highest BCUT2D eigenvalue weighted by Gasteiger charge is 2.37. The standard InChI is InChI=1S/C8H14O5/c1-2-3-4-8(13,7(11)12)5-6(9)10/h13H,2-5H2,1H3,(H,9,10)(H,11,12). The van der Waals surface area contributed by atoms with Crippen LogP contribution in [0.4, 0.5) is 0 Å². The maximum absolute atomic E-state index is 10.5. The van der Waals surface area contributed by atoms with Crippen molar-refractivity contribution in [1.82, 2.24) is 0 Å². The van der Waals surface area contributed by atoms with E-state index in [-0.39, 0.29) is 6.42 Å². The molecule has 0 fully saturated rings. The summed E-state index contributed by atoms with van der Waals surface area (Å²) in [5.41, 5.74) is -2.11. The van der Waals surface area contributed by atoms with E-state index in [9.17, 15) is 14.7 Å². The molecule has 0 bridgehead atoms. The summed E-state index contributed by atoms with van der Waals surface area (Å²) in [7, 11) is 0. The fraction of sp³-hybridized carbons (Fsp3) is 0.750. The lowest BCUT2D eigenvalue weighted by atomic mass is 9.93. The van der Waals surface area contributed by atoms with Crippen LogP contribution in [-0.2, 0) is 9.59 Å². The molecule has 3 N–H and O–H groups in total. The molecule has 0 aliphatic heterocycles. The van der Waals surface area contributed by atoms with Crippen molar-refractivity contribution in [3.8, 4) is 0 Å². The molecule has 0 aliphatic carbocycles. The van der Waals surface area contributed by atoms with E-state index in [1.807, 2.05) is 6.92 Å². The third-order valence-electron chi connectivity index (χ3n) is 1.79. The number of carboxylic acids is 2. The maximum Gasteiger partial charge on any atom is 0.336 e. The van der Waals surface area contributed by atoms with Gasteiger partial charge in [-0.05, 0) is 6.42 Å². The Hall–Kier alpha value is -1.10. The Morgan fingerprint density at radius 1 is 1.31 bits per heavy atom. The van der Waals surface area contributed by atoms with Crippen molar-refractivity contribution in [3.05, 3.63) is 0 Å². The fourth-order valence-electron chi connectivity index (χ4n) is 0.990. The van der Waals surface area contributed by atoms with Gasteiger partial charge in [-0.1, -0.05) is 19.8 Å². The number of aliphatic hydroxyl groups is 1. The predicted octanol–water partition coefficient (Wildman–Crippen LogP) is 0.467. The summed E-state index contributed by atoms with van der Waals surface area (Å²) in [6.07, 6.45) is 0.443. The van der Waals surface area contributed by atoms with Crippen molar-refractivity contribution in [1.29, 1.82) is 0 Å². The zero-order chi connectivity index (χ0) is 10.5. The number of rotatable bonds is 6. The molecule has 0 heterocycles.